The molecule has 4 N–H and O–H groups in total. The fourth-order valence-corrected chi connectivity index (χ4v) is 4.43. The van der Waals surface area contributed by atoms with Gasteiger partial charge in [0, 0.05) is 36.5 Å². The van der Waals surface area contributed by atoms with Crippen molar-refractivity contribution in [2.24, 2.45) is 16.6 Å². The number of aryl methyl sites for hydroxylation is 1. The minimum atomic E-state index is -0.258. The van der Waals surface area contributed by atoms with Gasteiger partial charge in [-0.05, 0) is 82.1 Å². The largest absolute Gasteiger partial charge is 0.490 e. The Morgan fingerprint density at radius 3 is 2.74 bits per heavy atom. The number of nitrogens with one attached hydrogen (secondary N) is 2. The Morgan fingerprint density at radius 2 is 2.03 bits per heavy atom. The van der Waals surface area contributed by atoms with Gasteiger partial charge in [0.25, 0.3) is 0 Å². The number of fused-ring (bicyclic) bond motifs is 1. The lowest BCUT2D eigenvalue weighted by atomic mass is 9.98. The van der Waals surface area contributed by atoms with E-state index in [-0.39, 0.29) is 24.0 Å². The number of hydrogen-bond acceptors (Lipinski definition) is 7. The number of nitrogens with two attached hydrogens (primary N) is 1. The maximum Gasteiger partial charge on any atom is 0.228 e. The van der Waals surface area contributed by atoms with Crippen molar-refractivity contribution in [2.45, 2.75) is 59.1 Å². The Morgan fingerprint density at radius 1 is 1.21 bits per heavy atom. The number of aromatic nitrogens is 1. The van der Waals surface area contributed by atoms with Crippen molar-refractivity contribution in [3.8, 4) is 17.2 Å². The molecule has 1 aromatic heterocycles. The highest BCUT2D eigenvalue weighted by atomic mass is 16.5. The summed E-state index contributed by atoms with van der Waals surface area (Å²) in [6, 6.07) is 13.6. The fourth-order valence-electron chi connectivity index (χ4n) is 4.43. The number of aliphatic imine (C=N–C) groups is 1. The molecule has 0 saturated carbocycles. The summed E-state index contributed by atoms with van der Waals surface area (Å²) in [6.45, 7) is 12.0. The molecule has 4 rings (SSSR count). The summed E-state index contributed by atoms with van der Waals surface area (Å²) in [5, 5.41) is 7.11. The number of allylic oxidation sites excluding steroid dienone is 1. The number of nitrogens with zero attached hydrogens (tertiary/aromatic N) is 2. The molecule has 2 unspecified atom stereocenters. The van der Waals surface area contributed by atoms with E-state index in [0.717, 1.165) is 47.3 Å². The van der Waals surface area contributed by atoms with Gasteiger partial charge in [0.15, 0.2) is 0 Å². The molecule has 0 radical (unpaired) electrons. The summed E-state index contributed by atoms with van der Waals surface area (Å²) in [4.78, 5) is 21.5. The number of carbonyl (C=O) groups excluding carboxylic acids is 1. The zero-order valence-corrected chi connectivity index (χ0v) is 23.5. The monoisotopic (exact) mass is 529 g/mol. The van der Waals surface area contributed by atoms with Gasteiger partial charge in [-0.15, -0.1) is 0 Å². The third-order valence-electron chi connectivity index (χ3n) is 6.55. The van der Waals surface area contributed by atoms with Crippen LogP contribution in [0.25, 0.3) is 10.9 Å². The van der Waals surface area contributed by atoms with Crippen molar-refractivity contribution in [1.82, 2.24) is 15.6 Å². The first-order valence-electron chi connectivity index (χ1n) is 13.4. The molecule has 1 amide bonds. The van der Waals surface area contributed by atoms with Crippen LogP contribution in [0.1, 0.15) is 45.2 Å². The van der Waals surface area contributed by atoms with Crippen LogP contribution < -0.4 is 25.8 Å². The predicted octanol–water partition coefficient (Wildman–Crippen LogP) is 5.04. The van der Waals surface area contributed by atoms with Crippen LogP contribution in [0.2, 0.25) is 0 Å². The normalized spacial score (nSPS) is 18.3. The van der Waals surface area contributed by atoms with Crippen LogP contribution in [0.15, 0.2) is 65.6 Å². The van der Waals surface area contributed by atoms with Gasteiger partial charge in [0.05, 0.1) is 23.2 Å². The SMILES string of the molecule is Cc1cc(CC(=O)NC(C=NC(C)(C)C)=CN)ccc1Oc1ccnc2ccc(OC3CCNCC3C)cc12. The molecule has 2 heterocycles. The average molecular weight is 530 g/mol. The van der Waals surface area contributed by atoms with Crippen LogP contribution >= 0.6 is 0 Å². The summed E-state index contributed by atoms with van der Waals surface area (Å²) in [5.41, 5.74) is 8.50. The molecule has 1 aliphatic rings. The minimum Gasteiger partial charge on any atom is -0.490 e. The van der Waals surface area contributed by atoms with Crippen LogP contribution in [0.4, 0.5) is 0 Å². The van der Waals surface area contributed by atoms with Crippen molar-refractivity contribution < 1.29 is 14.3 Å². The van der Waals surface area contributed by atoms with Crippen molar-refractivity contribution in [2.75, 3.05) is 13.1 Å². The Balaban J connectivity index is 1.46. The molecule has 8 heteroatoms. The number of hydrogen-bond donors (Lipinski definition) is 3. The van der Waals surface area contributed by atoms with E-state index in [9.17, 15) is 4.79 Å². The summed E-state index contributed by atoms with van der Waals surface area (Å²) < 4.78 is 12.7. The Hall–Kier alpha value is -3.91. The quantitative estimate of drug-likeness (QED) is 0.353. The molecular formula is C31H39N5O3. The summed E-state index contributed by atoms with van der Waals surface area (Å²) in [7, 11) is 0. The lowest BCUT2D eigenvalue weighted by Crippen LogP contribution is -2.41. The van der Waals surface area contributed by atoms with Crippen LogP contribution in [0, 0.1) is 12.8 Å². The van der Waals surface area contributed by atoms with Crippen LogP contribution in [0.3, 0.4) is 0 Å². The topological polar surface area (TPSA) is 111 Å². The first-order valence-corrected chi connectivity index (χ1v) is 13.4. The van der Waals surface area contributed by atoms with E-state index in [2.05, 4.69) is 27.5 Å². The van der Waals surface area contributed by atoms with Gasteiger partial charge in [-0.25, -0.2) is 0 Å². The first-order chi connectivity index (χ1) is 18.6. The van der Waals surface area contributed by atoms with Gasteiger partial charge in [-0.2, -0.15) is 0 Å². The van der Waals surface area contributed by atoms with E-state index in [1.807, 2.05) is 70.2 Å². The van der Waals surface area contributed by atoms with Crippen LogP contribution in [-0.4, -0.2) is 41.8 Å². The maximum atomic E-state index is 12.6. The van der Waals surface area contributed by atoms with E-state index < -0.39 is 0 Å². The highest BCUT2D eigenvalue weighted by Gasteiger charge is 2.23. The van der Waals surface area contributed by atoms with Crippen molar-refractivity contribution in [1.29, 1.82) is 0 Å². The number of amides is 1. The Bertz CT molecular complexity index is 1380. The minimum absolute atomic E-state index is 0.171. The van der Waals surface area contributed by atoms with Crippen molar-refractivity contribution in [3.63, 3.8) is 0 Å². The molecule has 2 atom stereocenters. The van der Waals surface area contributed by atoms with E-state index in [1.165, 1.54) is 6.20 Å². The van der Waals surface area contributed by atoms with Gasteiger partial charge >= 0.3 is 0 Å². The van der Waals surface area contributed by atoms with Crippen LogP contribution in [-0.2, 0) is 11.2 Å². The van der Waals surface area contributed by atoms with Crippen molar-refractivity contribution >= 4 is 23.0 Å². The van der Waals surface area contributed by atoms with Gasteiger partial charge in [0.2, 0.25) is 5.91 Å². The molecule has 8 nitrogen and oxygen atoms in total. The number of carbonyl (C=O) groups is 1. The molecule has 0 aliphatic carbocycles. The van der Waals surface area contributed by atoms with E-state index in [1.54, 1.807) is 12.4 Å². The predicted molar refractivity (Wildman–Crippen MR) is 156 cm³/mol. The second-order valence-electron chi connectivity index (χ2n) is 11.1. The smallest absolute Gasteiger partial charge is 0.228 e. The zero-order chi connectivity index (χ0) is 28.0. The number of pyridine rings is 1. The third kappa shape index (κ3) is 7.80. The van der Waals surface area contributed by atoms with Crippen LogP contribution in [0.5, 0.6) is 17.2 Å². The summed E-state index contributed by atoms with van der Waals surface area (Å²) >= 11 is 0. The molecule has 1 aliphatic heterocycles. The van der Waals surface area contributed by atoms with Gasteiger partial charge in [0.1, 0.15) is 23.4 Å². The molecule has 1 saturated heterocycles. The lowest BCUT2D eigenvalue weighted by molar-refractivity contribution is -0.119. The number of ether oxygens (including phenoxy) is 2. The second-order valence-corrected chi connectivity index (χ2v) is 11.1. The van der Waals surface area contributed by atoms with Gasteiger partial charge in [-0.3, -0.25) is 14.8 Å². The fraction of sp³-hybridized carbons (Fsp3) is 0.387. The van der Waals surface area contributed by atoms with E-state index >= 15 is 0 Å². The number of piperidine rings is 1. The molecule has 206 valence electrons. The maximum absolute atomic E-state index is 12.6. The summed E-state index contributed by atoms with van der Waals surface area (Å²) in [6.07, 6.45) is 6.04. The van der Waals surface area contributed by atoms with Gasteiger partial charge in [-0.1, -0.05) is 19.1 Å². The van der Waals surface area contributed by atoms with E-state index in [0.29, 0.717) is 23.1 Å². The first kappa shape index (κ1) is 28.1. The molecular weight excluding hydrogens is 490 g/mol. The molecule has 2 aromatic carbocycles. The molecule has 39 heavy (non-hydrogen) atoms. The van der Waals surface area contributed by atoms with E-state index in [4.69, 9.17) is 15.2 Å². The Kier molecular flexibility index (Phi) is 8.86. The Labute approximate surface area is 230 Å². The molecule has 0 spiro atoms. The molecule has 3 aromatic rings. The third-order valence-corrected chi connectivity index (χ3v) is 6.55. The number of rotatable bonds is 8. The summed E-state index contributed by atoms with van der Waals surface area (Å²) in [5.74, 6) is 2.50. The zero-order valence-electron chi connectivity index (χ0n) is 23.5. The number of benzene rings is 2. The standard InChI is InChI=1S/C31H39N5O3/c1-20-14-22(15-30(37)36-23(17-32)19-35-31(3,4)5)6-9-27(20)39-29-11-13-34-26-8-7-24(16-25(26)29)38-28-10-12-33-18-21(28)2/h6-9,11,13-14,16-17,19,21,28,33H,10,12,15,18,32H2,1-5H3,(H,36,37). The highest BCUT2D eigenvalue weighted by Crippen LogP contribution is 2.34. The highest BCUT2D eigenvalue weighted by molar-refractivity contribution is 5.89. The lowest BCUT2D eigenvalue weighted by Gasteiger charge is -2.30. The molecule has 0 bridgehead atoms. The molecule has 1 fully saturated rings. The van der Waals surface area contributed by atoms with Crippen molar-refractivity contribution in [3.05, 3.63) is 71.7 Å². The average Bonchev–Trinajstić information content (AvgIpc) is 2.89. The second kappa shape index (κ2) is 12.3. The van der Waals surface area contributed by atoms with Gasteiger partial charge < -0.3 is 25.8 Å².